The molecule has 0 unspecified atom stereocenters. The van der Waals surface area contributed by atoms with Crippen LogP contribution >= 0.6 is 11.3 Å². The summed E-state index contributed by atoms with van der Waals surface area (Å²) in [6, 6.07) is 11.8. The SMILES string of the molecule is O=[N+]([O-])c1ccccc1CN(Cc1cccs1)C1CC1. The van der Waals surface area contributed by atoms with E-state index in [1.807, 2.05) is 12.1 Å². The predicted molar refractivity (Wildman–Crippen MR) is 79.7 cm³/mol. The zero-order valence-electron chi connectivity index (χ0n) is 11.1. The summed E-state index contributed by atoms with van der Waals surface area (Å²) in [4.78, 5) is 14.5. The number of nitro benzene ring substituents is 1. The number of rotatable bonds is 6. The lowest BCUT2D eigenvalue weighted by Crippen LogP contribution is -2.25. The number of benzene rings is 1. The smallest absolute Gasteiger partial charge is 0.273 e. The molecule has 4 nitrogen and oxygen atoms in total. The second-order valence-corrected chi connectivity index (χ2v) is 6.13. The summed E-state index contributed by atoms with van der Waals surface area (Å²) in [6.45, 7) is 1.54. The van der Waals surface area contributed by atoms with Gasteiger partial charge in [0.05, 0.1) is 4.92 Å². The van der Waals surface area contributed by atoms with Crippen LogP contribution in [-0.4, -0.2) is 15.9 Å². The number of para-hydroxylation sites is 1. The molecule has 1 aliphatic rings. The minimum Gasteiger partial charge on any atom is -0.291 e. The van der Waals surface area contributed by atoms with Crippen molar-refractivity contribution in [1.29, 1.82) is 0 Å². The number of hydrogen-bond acceptors (Lipinski definition) is 4. The van der Waals surface area contributed by atoms with Crippen LogP contribution in [0.3, 0.4) is 0 Å². The molecule has 2 aromatic rings. The zero-order chi connectivity index (χ0) is 13.9. The third-order valence-electron chi connectivity index (χ3n) is 3.56. The highest BCUT2D eigenvalue weighted by Crippen LogP contribution is 2.32. The molecule has 3 rings (SSSR count). The van der Waals surface area contributed by atoms with Gasteiger partial charge in [-0.3, -0.25) is 15.0 Å². The first-order valence-electron chi connectivity index (χ1n) is 6.73. The molecule has 0 radical (unpaired) electrons. The molecule has 1 saturated carbocycles. The van der Waals surface area contributed by atoms with Gasteiger partial charge in [0.25, 0.3) is 5.69 Å². The van der Waals surface area contributed by atoms with Gasteiger partial charge in [-0.1, -0.05) is 24.3 Å². The number of hydrogen-bond donors (Lipinski definition) is 0. The van der Waals surface area contributed by atoms with Gasteiger partial charge in [-0.05, 0) is 24.3 Å². The van der Waals surface area contributed by atoms with Crippen LogP contribution < -0.4 is 0 Å². The fraction of sp³-hybridized carbons (Fsp3) is 0.333. The van der Waals surface area contributed by atoms with Crippen LogP contribution in [0, 0.1) is 10.1 Å². The summed E-state index contributed by atoms with van der Waals surface area (Å²) in [5.41, 5.74) is 1.03. The molecule has 0 aliphatic heterocycles. The topological polar surface area (TPSA) is 46.4 Å². The maximum atomic E-state index is 11.1. The van der Waals surface area contributed by atoms with E-state index < -0.39 is 0 Å². The molecular formula is C15H16N2O2S. The second kappa shape index (κ2) is 5.73. The number of nitrogens with zero attached hydrogens (tertiary/aromatic N) is 2. The fourth-order valence-corrected chi connectivity index (χ4v) is 3.13. The van der Waals surface area contributed by atoms with Crippen LogP contribution in [0.4, 0.5) is 5.69 Å². The summed E-state index contributed by atoms with van der Waals surface area (Å²) in [5.74, 6) is 0. The predicted octanol–water partition coefficient (Wildman–Crippen LogP) is 3.82. The first kappa shape index (κ1) is 13.3. The summed E-state index contributed by atoms with van der Waals surface area (Å²) in [6.07, 6.45) is 2.40. The lowest BCUT2D eigenvalue weighted by molar-refractivity contribution is -0.385. The van der Waals surface area contributed by atoms with Gasteiger partial charge in [0, 0.05) is 35.6 Å². The molecule has 0 bridgehead atoms. The summed E-state index contributed by atoms with van der Waals surface area (Å²) in [5, 5.41) is 13.2. The molecular weight excluding hydrogens is 272 g/mol. The Morgan fingerprint density at radius 2 is 2.00 bits per heavy atom. The van der Waals surface area contributed by atoms with E-state index in [1.54, 1.807) is 23.5 Å². The van der Waals surface area contributed by atoms with Crippen molar-refractivity contribution in [3.8, 4) is 0 Å². The van der Waals surface area contributed by atoms with Crippen LogP contribution in [0.1, 0.15) is 23.3 Å². The van der Waals surface area contributed by atoms with E-state index in [4.69, 9.17) is 0 Å². The van der Waals surface area contributed by atoms with Gasteiger partial charge >= 0.3 is 0 Å². The van der Waals surface area contributed by atoms with Crippen LogP contribution in [-0.2, 0) is 13.1 Å². The first-order valence-corrected chi connectivity index (χ1v) is 7.61. The molecule has 1 aliphatic carbocycles. The lowest BCUT2D eigenvalue weighted by Gasteiger charge is -2.21. The number of nitro groups is 1. The summed E-state index contributed by atoms with van der Waals surface area (Å²) in [7, 11) is 0. The van der Waals surface area contributed by atoms with E-state index in [-0.39, 0.29) is 10.6 Å². The van der Waals surface area contributed by atoms with Gasteiger partial charge in [-0.15, -0.1) is 11.3 Å². The molecule has 5 heteroatoms. The van der Waals surface area contributed by atoms with Gasteiger partial charge < -0.3 is 0 Å². The molecule has 20 heavy (non-hydrogen) atoms. The van der Waals surface area contributed by atoms with Crippen LogP contribution in [0.25, 0.3) is 0 Å². The molecule has 0 atom stereocenters. The van der Waals surface area contributed by atoms with E-state index in [9.17, 15) is 10.1 Å². The van der Waals surface area contributed by atoms with Gasteiger partial charge in [-0.2, -0.15) is 0 Å². The average molecular weight is 288 g/mol. The van der Waals surface area contributed by atoms with E-state index in [0.717, 1.165) is 12.1 Å². The van der Waals surface area contributed by atoms with E-state index in [0.29, 0.717) is 12.6 Å². The zero-order valence-corrected chi connectivity index (χ0v) is 11.9. The largest absolute Gasteiger partial charge is 0.291 e. The van der Waals surface area contributed by atoms with Crippen molar-refractivity contribution < 1.29 is 4.92 Å². The second-order valence-electron chi connectivity index (χ2n) is 5.10. The maximum absolute atomic E-state index is 11.1. The molecule has 0 N–H and O–H groups in total. The van der Waals surface area contributed by atoms with E-state index in [1.165, 1.54) is 17.7 Å². The van der Waals surface area contributed by atoms with Gasteiger partial charge in [-0.25, -0.2) is 0 Å². The van der Waals surface area contributed by atoms with E-state index >= 15 is 0 Å². The molecule has 1 fully saturated rings. The Kier molecular flexibility index (Phi) is 3.80. The average Bonchev–Trinajstić information content (AvgIpc) is 3.17. The molecule has 0 saturated heterocycles. The molecule has 0 amide bonds. The van der Waals surface area contributed by atoms with Crippen molar-refractivity contribution in [3.63, 3.8) is 0 Å². The standard InChI is InChI=1S/C15H16N2O2S/c18-17(19)15-6-2-1-4-12(15)10-16(13-7-8-13)11-14-5-3-9-20-14/h1-6,9,13H,7-8,10-11H2. The minimum absolute atomic E-state index is 0.226. The van der Waals surface area contributed by atoms with Crippen molar-refractivity contribution in [1.82, 2.24) is 4.90 Å². The van der Waals surface area contributed by atoms with Crippen molar-refractivity contribution in [2.24, 2.45) is 0 Å². The van der Waals surface area contributed by atoms with E-state index in [2.05, 4.69) is 22.4 Å². The quantitative estimate of drug-likeness (QED) is 0.599. The normalized spacial score (nSPS) is 14.7. The Balaban J connectivity index is 1.78. The van der Waals surface area contributed by atoms with Crippen LogP contribution in [0.5, 0.6) is 0 Å². The van der Waals surface area contributed by atoms with Crippen LogP contribution in [0.15, 0.2) is 41.8 Å². The Labute approximate surface area is 121 Å². The Morgan fingerprint density at radius 3 is 2.65 bits per heavy atom. The third-order valence-corrected chi connectivity index (χ3v) is 4.43. The van der Waals surface area contributed by atoms with Crippen molar-refractivity contribution in [2.75, 3.05) is 0 Å². The van der Waals surface area contributed by atoms with Crippen molar-refractivity contribution >= 4 is 17.0 Å². The van der Waals surface area contributed by atoms with Crippen molar-refractivity contribution in [2.45, 2.75) is 32.0 Å². The molecule has 1 aromatic heterocycles. The van der Waals surface area contributed by atoms with Gasteiger partial charge in [0.1, 0.15) is 0 Å². The highest BCUT2D eigenvalue weighted by Gasteiger charge is 2.30. The van der Waals surface area contributed by atoms with Crippen molar-refractivity contribution in [3.05, 3.63) is 62.3 Å². The first-order chi connectivity index (χ1) is 9.74. The third kappa shape index (κ3) is 3.05. The Bertz CT molecular complexity index is 594. The minimum atomic E-state index is -0.286. The molecule has 104 valence electrons. The molecule has 1 aromatic carbocycles. The Morgan fingerprint density at radius 1 is 1.20 bits per heavy atom. The van der Waals surface area contributed by atoms with Gasteiger partial charge in [0.15, 0.2) is 0 Å². The monoisotopic (exact) mass is 288 g/mol. The Hall–Kier alpha value is -1.72. The highest BCUT2D eigenvalue weighted by molar-refractivity contribution is 7.09. The maximum Gasteiger partial charge on any atom is 0.273 e. The highest BCUT2D eigenvalue weighted by atomic mass is 32.1. The lowest BCUT2D eigenvalue weighted by atomic mass is 10.1. The molecule has 1 heterocycles. The van der Waals surface area contributed by atoms with Gasteiger partial charge in [0.2, 0.25) is 0 Å². The summed E-state index contributed by atoms with van der Waals surface area (Å²) >= 11 is 1.74. The fourth-order valence-electron chi connectivity index (χ4n) is 2.40. The summed E-state index contributed by atoms with van der Waals surface area (Å²) < 4.78 is 0. The van der Waals surface area contributed by atoms with Crippen LogP contribution in [0.2, 0.25) is 0 Å². The molecule has 0 spiro atoms. The number of thiophene rings is 1.